The Balaban J connectivity index is 1.72. The zero-order chi connectivity index (χ0) is 18.0. The number of rotatable bonds is 4. The molecule has 1 N–H and O–H groups in total. The monoisotopic (exact) mass is 367 g/mol. The van der Waals surface area contributed by atoms with E-state index in [0.29, 0.717) is 22.2 Å². The molecule has 132 valence electrons. The second kappa shape index (κ2) is 7.22. The summed E-state index contributed by atoms with van der Waals surface area (Å²) in [6.45, 7) is -1.03. The van der Waals surface area contributed by atoms with E-state index in [0.717, 1.165) is 0 Å². The van der Waals surface area contributed by atoms with Crippen molar-refractivity contribution in [2.75, 3.05) is 11.1 Å². The van der Waals surface area contributed by atoms with Gasteiger partial charge in [0.15, 0.2) is 5.16 Å². The maximum Gasteiger partial charge on any atom is 0.387 e. The molecule has 0 fully saturated rings. The van der Waals surface area contributed by atoms with E-state index in [9.17, 15) is 18.4 Å². The predicted octanol–water partition coefficient (Wildman–Crippen LogP) is 2.51. The normalized spacial score (nSPS) is 16.4. The fourth-order valence-corrected chi connectivity index (χ4v) is 3.50. The van der Waals surface area contributed by atoms with Gasteiger partial charge in [-0.3, -0.25) is 14.2 Å². The van der Waals surface area contributed by atoms with Gasteiger partial charge < -0.3 is 10.1 Å². The van der Waals surface area contributed by atoms with Gasteiger partial charge in [-0.1, -0.05) is 17.8 Å². The molecular weight excluding hydrogens is 352 g/mol. The number of thioether (sulfide) groups is 1. The molecule has 1 aromatic heterocycles. The number of anilines is 1. The van der Waals surface area contributed by atoms with Crippen LogP contribution in [0, 0.1) is 12.8 Å². The molecule has 1 amide bonds. The third-order valence-corrected chi connectivity index (χ3v) is 4.85. The summed E-state index contributed by atoms with van der Waals surface area (Å²) < 4.78 is 30.3. The molecule has 1 unspecified atom stereocenters. The highest BCUT2D eigenvalue weighted by Gasteiger charge is 2.27. The van der Waals surface area contributed by atoms with Crippen molar-refractivity contribution in [1.29, 1.82) is 0 Å². The Bertz CT molecular complexity index is 857. The summed E-state index contributed by atoms with van der Waals surface area (Å²) in [5.41, 5.74) is 0.707. The van der Waals surface area contributed by atoms with E-state index in [1.165, 1.54) is 40.7 Å². The van der Waals surface area contributed by atoms with E-state index in [1.807, 2.05) is 0 Å². The number of nitrogens with one attached hydrogen (secondary N) is 1. The van der Waals surface area contributed by atoms with Gasteiger partial charge in [0, 0.05) is 35.8 Å². The molecule has 0 saturated carbocycles. The first-order valence-electron chi connectivity index (χ1n) is 7.49. The van der Waals surface area contributed by atoms with E-state index in [1.54, 1.807) is 13.0 Å². The minimum Gasteiger partial charge on any atom is -0.435 e. The SMILES string of the molecule is Cc1cnc2n(c1=O)CC(C(=O)Nc1cccc(OC(F)F)c1)CS2. The van der Waals surface area contributed by atoms with Crippen molar-refractivity contribution < 1.29 is 18.3 Å². The molecule has 1 aliphatic heterocycles. The molecule has 25 heavy (non-hydrogen) atoms. The summed E-state index contributed by atoms with van der Waals surface area (Å²) in [6.07, 6.45) is 1.52. The smallest absolute Gasteiger partial charge is 0.387 e. The zero-order valence-corrected chi connectivity index (χ0v) is 14.1. The molecule has 0 saturated heterocycles. The van der Waals surface area contributed by atoms with Crippen LogP contribution in [0.2, 0.25) is 0 Å². The Morgan fingerprint density at radius 2 is 2.28 bits per heavy atom. The third-order valence-electron chi connectivity index (χ3n) is 3.70. The highest BCUT2D eigenvalue weighted by molar-refractivity contribution is 7.99. The molecule has 3 rings (SSSR count). The number of benzene rings is 1. The number of fused-ring (bicyclic) bond motifs is 1. The van der Waals surface area contributed by atoms with Crippen LogP contribution in [0.5, 0.6) is 5.75 Å². The van der Waals surface area contributed by atoms with Gasteiger partial charge in [-0.15, -0.1) is 0 Å². The number of halogens is 2. The summed E-state index contributed by atoms with van der Waals surface area (Å²) in [5.74, 6) is -0.277. The van der Waals surface area contributed by atoms with E-state index in [4.69, 9.17) is 0 Å². The molecule has 0 aliphatic carbocycles. The lowest BCUT2D eigenvalue weighted by Gasteiger charge is -2.24. The van der Waals surface area contributed by atoms with Crippen LogP contribution in [-0.4, -0.2) is 27.8 Å². The zero-order valence-electron chi connectivity index (χ0n) is 13.2. The molecule has 2 aromatic rings. The van der Waals surface area contributed by atoms with Crippen molar-refractivity contribution in [2.45, 2.75) is 25.2 Å². The number of carbonyl (C=O) groups excluding carboxylic acids is 1. The first-order chi connectivity index (χ1) is 11.9. The number of hydrogen-bond donors (Lipinski definition) is 1. The molecule has 2 heterocycles. The van der Waals surface area contributed by atoms with Crippen LogP contribution in [0.25, 0.3) is 0 Å². The maximum absolute atomic E-state index is 12.5. The van der Waals surface area contributed by atoms with Gasteiger partial charge in [-0.25, -0.2) is 4.98 Å². The lowest BCUT2D eigenvalue weighted by Crippen LogP contribution is -2.37. The van der Waals surface area contributed by atoms with Crippen molar-refractivity contribution in [1.82, 2.24) is 9.55 Å². The van der Waals surface area contributed by atoms with Gasteiger partial charge in [0.25, 0.3) is 5.56 Å². The second-order valence-corrected chi connectivity index (χ2v) is 6.53. The number of carbonyl (C=O) groups is 1. The Hall–Kier alpha value is -2.42. The Morgan fingerprint density at radius 1 is 1.48 bits per heavy atom. The fourth-order valence-electron chi connectivity index (χ4n) is 2.45. The summed E-state index contributed by atoms with van der Waals surface area (Å²) in [4.78, 5) is 28.8. The van der Waals surface area contributed by atoms with Crippen LogP contribution in [0.4, 0.5) is 14.5 Å². The average Bonchev–Trinajstić information content (AvgIpc) is 2.57. The lowest BCUT2D eigenvalue weighted by atomic mass is 10.1. The van der Waals surface area contributed by atoms with Crippen LogP contribution < -0.4 is 15.6 Å². The van der Waals surface area contributed by atoms with Crippen molar-refractivity contribution in [3.8, 4) is 5.75 Å². The summed E-state index contributed by atoms with van der Waals surface area (Å²) in [7, 11) is 0. The van der Waals surface area contributed by atoms with Gasteiger partial charge >= 0.3 is 6.61 Å². The van der Waals surface area contributed by atoms with E-state index in [-0.39, 0.29) is 23.8 Å². The second-order valence-electron chi connectivity index (χ2n) is 5.54. The largest absolute Gasteiger partial charge is 0.435 e. The predicted molar refractivity (Wildman–Crippen MR) is 89.2 cm³/mol. The molecule has 0 spiro atoms. The number of amides is 1. The van der Waals surface area contributed by atoms with Gasteiger partial charge in [0.1, 0.15) is 5.75 Å². The number of aromatic nitrogens is 2. The number of alkyl halides is 2. The van der Waals surface area contributed by atoms with Gasteiger partial charge in [-0.05, 0) is 19.1 Å². The molecule has 9 heteroatoms. The van der Waals surface area contributed by atoms with Crippen LogP contribution in [0.1, 0.15) is 5.56 Å². The standard InChI is InChI=1S/C16H15F2N3O3S/c1-9-6-19-16-21(14(9)23)7-10(8-25-16)13(22)20-11-3-2-4-12(5-11)24-15(17)18/h2-6,10,15H,7-8H2,1H3,(H,20,22). The van der Waals surface area contributed by atoms with Crippen LogP contribution in [0.15, 0.2) is 40.4 Å². The average molecular weight is 367 g/mol. The number of nitrogens with zero attached hydrogens (tertiary/aromatic N) is 2. The molecule has 1 aliphatic rings. The van der Waals surface area contributed by atoms with Gasteiger partial charge in [0.05, 0.1) is 5.92 Å². The van der Waals surface area contributed by atoms with Crippen LogP contribution >= 0.6 is 11.8 Å². The summed E-state index contributed by atoms with van der Waals surface area (Å²) >= 11 is 1.34. The molecule has 0 bridgehead atoms. The first-order valence-corrected chi connectivity index (χ1v) is 8.47. The lowest BCUT2D eigenvalue weighted by molar-refractivity contribution is -0.119. The number of aryl methyl sites for hydroxylation is 1. The molecule has 1 atom stereocenters. The fraction of sp³-hybridized carbons (Fsp3) is 0.312. The Morgan fingerprint density at radius 3 is 3.04 bits per heavy atom. The third kappa shape index (κ3) is 3.98. The topological polar surface area (TPSA) is 73.2 Å². The Labute approximate surface area is 146 Å². The molecule has 6 nitrogen and oxygen atoms in total. The summed E-state index contributed by atoms with van der Waals surface area (Å²) in [6, 6.07) is 5.79. The van der Waals surface area contributed by atoms with Gasteiger partial charge in [-0.2, -0.15) is 8.78 Å². The van der Waals surface area contributed by atoms with E-state index in [2.05, 4.69) is 15.0 Å². The van der Waals surface area contributed by atoms with Crippen molar-refractivity contribution in [2.24, 2.45) is 5.92 Å². The first kappa shape index (κ1) is 17.4. The maximum atomic E-state index is 12.5. The number of ether oxygens (including phenoxy) is 1. The van der Waals surface area contributed by atoms with Crippen molar-refractivity contribution in [3.63, 3.8) is 0 Å². The number of hydrogen-bond acceptors (Lipinski definition) is 5. The van der Waals surface area contributed by atoms with Crippen LogP contribution in [-0.2, 0) is 11.3 Å². The van der Waals surface area contributed by atoms with Crippen LogP contribution in [0.3, 0.4) is 0 Å². The molecular formula is C16H15F2N3O3S. The highest BCUT2D eigenvalue weighted by Crippen LogP contribution is 2.26. The van der Waals surface area contributed by atoms with E-state index < -0.39 is 12.5 Å². The quantitative estimate of drug-likeness (QED) is 0.841. The minimum atomic E-state index is -2.93. The molecule has 1 aromatic carbocycles. The minimum absolute atomic E-state index is 0.0350. The molecule has 0 radical (unpaired) electrons. The van der Waals surface area contributed by atoms with E-state index >= 15 is 0 Å². The summed E-state index contributed by atoms with van der Waals surface area (Å²) in [5, 5.41) is 3.27. The van der Waals surface area contributed by atoms with Crippen molar-refractivity contribution in [3.05, 3.63) is 46.4 Å². The van der Waals surface area contributed by atoms with Gasteiger partial charge in [0.2, 0.25) is 5.91 Å². The highest BCUT2D eigenvalue weighted by atomic mass is 32.2. The van der Waals surface area contributed by atoms with Crippen molar-refractivity contribution >= 4 is 23.4 Å². The Kier molecular flexibility index (Phi) is 5.03.